The fourth-order valence-corrected chi connectivity index (χ4v) is 4.22. The second-order valence-corrected chi connectivity index (χ2v) is 9.12. The first kappa shape index (κ1) is 21.4. The zero-order chi connectivity index (χ0) is 21.8. The van der Waals surface area contributed by atoms with Crippen LogP contribution in [0.2, 0.25) is 0 Å². The molecule has 1 aliphatic rings. The molecule has 1 heterocycles. The molecule has 0 saturated carbocycles. The zero-order valence-electron chi connectivity index (χ0n) is 16.9. The fourth-order valence-electron chi connectivity index (χ4n) is 3.13. The van der Waals surface area contributed by atoms with Crippen LogP contribution in [-0.2, 0) is 17.9 Å². The molecule has 1 aliphatic heterocycles. The standard InChI is InChI=1S/C25H20BrNO3S/c1-17-6-8-18(9-7-17)15-27-24(28)23(31-25(27)29)14-20-4-2-3-5-22(20)30-16-19-10-12-21(26)13-11-19/h2-14H,15-16H2,1H3/b23-14-. The normalized spacial score (nSPS) is 15.0. The van der Waals surface area contributed by atoms with Crippen LogP contribution >= 0.6 is 27.7 Å². The highest BCUT2D eigenvalue weighted by atomic mass is 79.9. The van der Waals surface area contributed by atoms with Crippen LogP contribution < -0.4 is 4.74 Å². The molecule has 0 N–H and O–H groups in total. The first-order valence-corrected chi connectivity index (χ1v) is 11.4. The summed E-state index contributed by atoms with van der Waals surface area (Å²) in [5, 5.41) is -0.259. The summed E-state index contributed by atoms with van der Waals surface area (Å²) in [6.07, 6.45) is 1.73. The van der Waals surface area contributed by atoms with E-state index < -0.39 is 0 Å². The van der Waals surface area contributed by atoms with Crippen molar-refractivity contribution in [2.24, 2.45) is 0 Å². The van der Waals surface area contributed by atoms with Gasteiger partial charge in [-0.1, -0.05) is 76.1 Å². The van der Waals surface area contributed by atoms with E-state index in [0.717, 1.165) is 38.5 Å². The minimum Gasteiger partial charge on any atom is -0.488 e. The Morgan fingerprint density at radius 2 is 1.61 bits per heavy atom. The average molecular weight is 494 g/mol. The molecule has 0 bridgehead atoms. The maximum atomic E-state index is 12.9. The summed E-state index contributed by atoms with van der Waals surface area (Å²) < 4.78 is 7.00. The van der Waals surface area contributed by atoms with E-state index in [0.29, 0.717) is 17.3 Å². The van der Waals surface area contributed by atoms with Gasteiger partial charge in [0.15, 0.2) is 0 Å². The van der Waals surface area contributed by atoms with Crippen LogP contribution in [0.15, 0.2) is 82.2 Å². The first-order valence-electron chi connectivity index (χ1n) is 9.77. The van der Waals surface area contributed by atoms with Crippen LogP contribution in [0.1, 0.15) is 22.3 Å². The van der Waals surface area contributed by atoms with Gasteiger partial charge in [-0.05, 0) is 54.1 Å². The van der Waals surface area contributed by atoms with Crippen molar-refractivity contribution in [2.45, 2.75) is 20.1 Å². The molecule has 6 heteroatoms. The summed E-state index contributed by atoms with van der Waals surface area (Å²) in [7, 11) is 0. The average Bonchev–Trinajstić information content (AvgIpc) is 3.03. The topological polar surface area (TPSA) is 46.6 Å². The number of imide groups is 1. The van der Waals surface area contributed by atoms with Crippen LogP contribution in [0.5, 0.6) is 5.75 Å². The second kappa shape index (κ2) is 9.54. The van der Waals surface area contributed by atoms with Crippen molar-refractivity contribution in [3.8, 4) is 5.75 Å². The Hall–Kier alpha value is -2.83. The molecule has 4 rings (SSSR count). The molecule has 0 spiro atoms. The summed E-state index contributed by atoms with van der Waals surface area (Å²) >= 11 is 4.39. The molecule has 0 unspecified atom stereocenters. The molecular weight excluding hydrogens is 474 g/mol. The second-order valence-electron chi connectivity index (χ2n) is 7.21. The first-order chi connectivity index (χ1) is 15.0. The number of nitrogens with zero attached hydrogens (tertiary/aromatic N) is 1. The summed E-state index contributed by atoms with van der Waals surface area (Å²) in [5.41, 5.74) is 3.86. The highest BCUT2D eigenvalue weighted by molar-refractivity contribution is 9.10. The van der Waals surface area contributed by atoms with E-state index >= 15 is 0 Å². The summed E-state index contributed by atoms with van der Waals surface area (Å²) in [6.45, 7) is 2.68. The molecule has 0 atom stereocenters. The molecule has 0 aromatic heterocycles. The number of rotatable bonds is 6. The third-order valence-electron chi connectivity index (χ3n) is 4.85. The quantitative estimate of drug-likeness (QED) is 0.364. The molecule has 31 heavy (non-hydrogen) atoms. The minimum atomic E-state index is -0.279. The number of benzene rings is 3. The molecule has 3 aromatic carbocycles. The Kier molecular flexibility index (Phi) is 6.59. The van der Waals surface area contributed by atoms with Crippen molar-refractivity contribution >= 4 is 44.9 Å². The SMILES string of the molecule is Cc1ccc(CN2C(=O)S/C(=C\c3ccccc3OCc3ccc(Br)cc3)C2=O)cc1. The van der Waals surface area contributed by atoms with Gasteiger partial charge in [0.25, 0.3) is 11.1 Å². The Balaban J connectivity index is 1.50. The van der Waals surface area contributed by atoms with Crippen LogP contribution in [0.4, 0.5) is 4.79 Å². The molecule has 0 aliphatic carbocycles. The Bertz CT molecular complexity index is 1140. The van der Waals surface area contributed by atoms with Crippen molar-refractivity contribution in [1.29, 1.82) is 0 Å². The number of amides is 2. The van der Waals surface area contributed by atoms with Gasteiger partial charge < -0.3 is 4.74 Å². The van der Waals surface area contributed by atoms with E-state index in [1.165, 1.54) is 4.90 Å². The lowest BCUT2D eigenvalue weighted by molar-refractivity contribution is -0.123. The summed E-state index contributed by atoms with van der Waals surface area (Å²) in [6, 6.07) is 23.3. The lowest BCUT2D eigenvalue weighted by atomic mass is 10.1. The van der Waals surface area contributed by atoms with Gasteiger partial charge in [-0.15, -0.1) is 0 Å². The predicted octanol–water partition coefficient (Wildman–Crippen LogP) is 6.57. The van der Waals surface area contributed by atoms with E-state index in [4.69, 9.17) is 4.74 Å². The van der Waals surface area contributed by atoms with Crippen LogP contribution in [0, 0.1) is 6.92 Å². The Morgan fingerprint density at radius 3 is 2.35 bits per heavy atom. The highest BCUT2D eigenvalue weighted by Gasteiger charge is 2.35. The molecule has 0 radical (unpaired) electrons. The maximum absolute atomic E-state index is 12.9. The van der Waals surface area contributed by atoms with E-state index in [9.17, 15) is 9.59 Å². The van der Waals surface area contributed by atoms with Crippen LogP contribution in [-0.4, -0.2) is 16.0 Å². The molecule has 2 amide bonds. The van der Waals surface area contributed by atoms with E-state index in [1.54, 1.807) is 6.08 Å². The van der Waals surface area contributed by atoms with Gasteiger partial charge in [-0.3, -0.25) is 14.5 Å². The van der Waals surface area contributed by atoms with E-state index in [-0.39, 0.29) is 17.7 Å². The minimum absolute atomic E-state index is 0.259. The monoisotopic (exact) mass is 493 g/mol. The van der Waals surface area contributed by atoms with Crippen molar-refractivity contribution in [2.75, 3.05) is 0 Å². The van der Waals surface area contributed by atoms with Gasteiger partial charge >= 0.3 is 0 Å². The molecular formula is C25H20BrNO3S. The van der Waals surface area contributed by atoms with Gasteiger partial charge in [0, 0.05) is 10.0 Å². The smallest absolute Gasteiger partial charge is 0.293 e. The van der Waals surface area contributed by atoms with E-state index in [1.807, 2.05) is 79.7 Å². The Morgan fingerprint density at radius 1 is 0.935 bits per heavy atom. The Labute approximate surface area is 194 Å². The molecule has 3 aromatic rings. The third kappa shape index (κ3) is 5.27. The number of thioether (sulfide) groups is 1. The summed E-state index contributed by atoms with van der Waals surface area (Å²) in [5.74, 6) is 0.383. The van der Waals surface area contributed by atoms with Gasteiger partial charge in [-0.2, -0.15) is 0 Å². The summed E-state index contributed by atoms with van der Waals surface area (Å²) in [4.78, 5) is 27.0. The van der Waals surface area contributed by atoms with Gasteiger partial charge in [0.05, 0.1) is 11.4 Å². The number of halogens is 1. The molecule has 1 fully saturated rings. The highest BCUT2D eigenvalue weighted by Crippen LogP contribution is 2.35. The van der Waals surface area contributed by atoms with Gasteiger partial charge in [-0.25, -0.2) is 0 Å². The third-order valence-corrected chi connectivity index (χ3v) is 6.28. The van der Waals surface area contributed by atoms with Gasteiger partial charge in [0.2, 0.25) is 0 Å². The van der Waals surface area contributed by atoms with Crippen LogP contribution in [0.25, 0.3) is 6.08 Å². The number of hydrogen-bond acceptors (Lipinski definition) is 4. The van der Waals surface area contributed by atoms with Crippen molar-refractivity contribution < 1.29 is 14.3 Å². The van der Waals surface area contributed by atoms with Gasteiger partial charge in [0.1, 0.15) is 12.4 Å². The number of ether oxygens (including phenoxy) is 1. The van der Waals surface area contributed by atoms with Crippen molar-refractivity contribution in [1.82, 2.24) is 4.90 Å². The fraction of sp³-hybridized carbons (Fsp3) is 0.120. The molecule has 156 valence electrons. The lowest BCUT2D eigenvalue weighted by Crippen LogP contribution is -2.27. The number of carbonyl (C=O) groups is 2. The number of para-hydroxylation sites is 1. The van der Waals surface area contributed by atoms with Crippen LogP contribution in [0.3, 0.4) is 0 Å². The van der Waals surface area contributed by atoms with Crippen molar-refractivity contribution in [3.05, 3.63) is 104 Å². The zero-order valence-corrected chi connectivity index (χ0v) is 19.3. The number of aryl methyl sites for hydroxylation is 1. The number of hydrogen-bond donors (Lipinski definition) is 0. The lowest BCUT2D eigenvalue weighted by Gasteiger charge is -2.12. The maximum Gasteiger partial charge on any atom is 0.293 e. The van der Waals surface area contributed by atoms with E-state index in [2.05, 4.69) is 15.9 Å². The largest absolute Gasteiger partial charge is 0.488 e. The molecule has 4 nitrogen and oxygen atoms in total. The van der Waals surface area contributed by atoms with Crippen molar-refractivity contribution in [3.63, 3.8) is 0 Å². The number of carbonyl (C=O) groups excluding carboxylic acids is 2. The predicted molar refractivity (Wildman–Crippen MR) is 128 cm³/mol. The molecule has 1 saturated heterocycles.